The smallest absolute Gasteiger partial charge is 0.0319 e. The molecule has 0 aromatic rings. The van der Waals surface area contributed by atoms with E-state index in [-0.39, 0.29) is 22.5 Å². The summed E-state index contributed by atoms with van der Waals surface area (Å²) >= 11 is 0. The summed E-state index contributed by atoms with van der Waals surface area (Å²) in [4.78, 5) is 0. The second-order valence-corrected chi connectivity index (χ2v) is 0. The number of hydrogen-bond donors (Lipinski definition) is 1. The third-order valence-electron chi connectivity index (χ3n) is 0. The molecule has 0 aromatic carbocycles. The average molecular weight is 106 g/mol. The Morgan fingerprint density at radius 1 is 1.25 bits per heavy atom. The van der Waals surface area contributed by atoms with Crippen molar-refractivity contribution < 1.29 is 27.7 Å². The van der Waals surface area contributed by atoms with E-state index in [4.69, 9.17) is 5.11 Å². The van der Waals surface area contributed by atoms with Crippen molar-refractivity contribution in [2.45, 2.75) is 0 Å². The third kappa shape index (κ3) is 26.2. The van der Waals surface area contributed by atoms with Gasteiger partial charge in [0.05, 0.1) is 0 Å². The van der Waals surface area contributed by atoms with Crippen molar-refractivity contribution in [2.75, 3.05) is 7.11 Å². The summed E-state index contributed by atoms with van der Waals surface area (Å²) in [7, 11) is 1.00. The van der Waals surface area contributed by atoms with Gasteiger partial charge in [0.15, 0.2) is 0 Å². The number of hydrogen-bond acceptors (Lipinski definition) is 1. The van der Waals surface area contributed by atoms with Gasteiger partial charge in [-0.2, -0.15) is 0 Å². The van der Waals surface area contributed by atoms with Crippen LogP contribution < -0.4 is 0 Å². The molecule has 0 amide bonds. The molecule has 0 aliphatic rings. The van der Waals surface area contributed by atoms with Gasteiger partial charge in [0.25, 0.3) is 0 Å². The van der Waals surface area contributed by atoms with E-state index in [0.717, 1.165) is 7.11 Å². The molecule has 0 saturated heterocycles. The summed E-state index contributed by atoms with van der Waals surface area (Å²) in [6.45, 7) is 0. The summed E-state index contributed by atoms with van der Waals surface area (Å²) in [5.74, 6) is 0. The first-order chi connectivity index (χ1) is 1.00. The third-order valence-corrected chi connectivity index (χ3v) is 0. The normalized spacial score (nSPS) is 1.50. The van der Waals surface area contributed by atoms with Crippen molar-refractivity contribution in [3.05, 3.63) is 0 Å². The molecule has 0 saturated carbocycles. The van der Waals surface area contributed by atoms with Crippen LogP contribution in [0.3, 0.4) is 0 Å². The van der Waals surface area contributed by atoms with E-state index < -0.39 is 0 Å². The molecule has 3 N–H and O–H groups in total. The molecular formula is CH6FeO2. The van der Waals surface area contributed by atoms with Gasteiger partial charge >= 0.3 is 0 Å². The molecule has 0 aromatic heterocycles. The van der Waals surface area contributed by atoms with Crippen molar-refractivity contribution in [2.24, 2.45) is 0 Å². The predicted molar refractivity (Wildman–Crippen MR) is 11.8 cm³/mol. The van der Waals surface area contributed by atoms with E-state index in [0.29, 0.717) is 0 Å². The van der Waals surface area contributed by atoms with Crippen LogP contribution in [-0.2, 0) is 17.1 Å². The van der Waals surface area contributed by atoms with E-state index in [1.807, 2.05) is 0 Å². The Morgan fingerprint density at radius 2 is 1.25 bits per heavy atom. The van der Waals surface area contributed by atoms with Gasteiger partial charge in [-0.1, -0.05) is 0 Å². The standard InChI is InChI=1S/CH4O.Fe.H2O/c1-2;;/h2H,1H3;;1H2. The van der Waals surface area contributed by atoms with Crippen molar-refractivity contribution in [1.29, 1.82) is 0 Å². The first-order valence-electron chi connectivity index (χ1n) is 0.447. The molecule has 2 nitrogen and oxygen atoms in total. The maximum absolute atomic E-state index is 7.00. The van der Waals surface area contributed by atoms with Crippen molar-refractivity contribution in [1.82, 2.24) is 0 Å². The summed E-state index contributed by atoms with van der Waals surface area (Å²) in [5.41, 5.74) is 0. The monoisotopic (exact) mass is 106 g/mol. The fourth-order valence-electron chi connectivity index (χ4n) is 0. The molecule has 0 bridgehead atoms. The molecule has 0 spiro atoms. The minimum Gasteiger partial charge on any atom is -0.412 e. The van der Waals surface area contributed by atoms with Crippen LogP contribution in [-0.4, -0.2) is 17.7 Å². The van der Waals surface area contributed by atoms with Crippen LogP contribution in [0.15, 0.2) is 0 Å². The molecule has 0 rings (SSSR count). The molecule has 3 heteroatoms. The number of aliphatic hydroxyl groups excluding tert-OH is 1. The van der Waals surface area contributed by atoms with Crippen molar-refractivity contribution in [3.8, 4) is 0 Å². The zero-order chi connectivity index (χ0) is 2.00. The molecule has 0 aliphatic heterocycles. The first-order valence-corrected chi connectivity index (χ1v) is 0.447. The largest absolute Gasteiger partial charge is 0.412 e. The van der Waals surface area contributed by atoms with Gasteiger partial charge in [0.2, 0.25) is 0 Å². The van der Waals surface area contributed by atoms with E-state index >= 15 is 0 Å². The zero-order valence-electron chi connectivity index (χ0n) is 2.30. The summed E-state index contributed by atoms with van der Waals surface area (Å²) < 4.78 is 0. The molecule has 0 heterocycles. The Kier molecular flexibility index (Phi) is 672. The molecule has 0 aliphatic carbocycles. The van der Waals surface area contributed by atoms with E-state index in [1.54, 1.807) is 0 Å². The van der Waals surface area contributed by atoms with Crippen LogP contribution in [0, 0.1) is 0 Å². The SMILES string of the molecule is CO.O.[Fe]. The van der Waals surface area contributed by atoms with E-state index in [2.05, 4.69) is 0 Å². The minimum atomic E-state index is 0. The summed E-state index contributed by atoms with van der Waals surface area (Å²) in [6.07, 6.45) is 0. The average Bonchev–Trinajstić information content (AvgIpc) is 1.00. The Morgan fingerprint density at radius 3 is 1.25 bits per heavy atom. The van der Waals surface area contributed by atoms with Gasteiger partial charge in [-0.05, 0) is 0 Å². The van der Waals surface area contributed by atoms with Crippen LogP contribution >= 0.6 is 0 Å². The number of aliphatic hydroxyl groups is 1. The Labute approximate surface area is 35.6 Å². The van der Waals surface area contributed by atoms with Crippen LogP contribution in [0.1, 0.15) is 0 Å². The van der Waals surface area contributed by atoms with E-state index in [1.165, 1.54) is 0 Å². The fraction of sp³-hybridized carbons (Fsp3) is 1.00. The second-order valence-electron chi connectivity index (χ2n) is 0. The zero-order valence-corrected chi connectivity index (χ0v) is 3.40. The maximum atomic E-state index is 7.00. The minimum absolute atomic E-state index is 0. The van der Waals surface area contributed by atoms with Crippen LogP contribution in [0.2, 0.25) is 0 Å². The van der Waals surface area contributed by atoms with Gasteiger partial charge in [0.1, 0.15) is 0 Å². The van der Waals surface area contributed by atoms with Gasteiger partial charge < -0.3 is 10.6 Å². The molecule has 4 heavy (non-hydrogen) atoms. The molecule has 30 valence electrons. The first kappa shape index (κ1) is 25.3. The Balaban J connectivity index is -0.00000000500. The molecule has 0 atom stereocenters. The molecule has 0 fully saturated rings. The molecule has 0 radical (unpaired) electrons. The van der Waals surface area contributed by atoms with Gasteiger partial charge in [-0.15, -0.1) is 0 Å². The number of rotatable bonds is 0. The summed E-state index contributed by atoms with van der Waals surface area (Å²) in [6, 6.07) is 0. The second kappa shape index (κ2) is 106. The Bertz CT molecular complexity index is 6.00. The van der Waals surface area contributed by atoms with Crippen molar-refractivity contribution in [3.63, 3.8) is 0 Å². The van der Waals surface area contributed by atoms with Crippen LogP contribution in [0.5, 0.6) is 0 Å². The predicted octanol–water partition coefficient (Wildman–Crippen LogP) is -1.22. The topological polar surface area (TPSA) is 51.7 Å². The van der Waals surface area contributed by atoms with Gasteiger partial charge in [-0.3, -0.25) is 0 Å². The van der Waals surface area contributed by atoms with Gasteiger partial charge in [0, 0.05) is 24.2 Å². The van der Waals surface area contributed by atoms with E-state index in [9.17, 15) is 0 Å². The van der Waals surface area contributed by atoms with Gasteiger partial charge in [-0.25, -0.2) is 0 Å². The quantitative estimate of drug-likeness (QED) is 0.386. The van der Waals surface area contributed by atoms with Crippen molar-refractivity contribution >= 4 is 0 Å². The maximum Gasteiger partial charge on any atom is 0.0319 e. The fourth-order valence-corrected chi connectivity index (χ4v) is 0. The molecule has 0 unspecified atom stereocenters. The molecular weight excluding hydrogens is 99.9 g/mol. The van der Waals surface area contributed by atoms with Crippen LogP contribution in [0.4, 0.5) is 0 Å². The Hall–Kier alpha value is 0.439. The summed E-state index contributed by atoms with van der Waals surface area (Å²) in [5, 5.41) is 7.00. The van der Waals surface area contributed by atoms with Crippen LogP contribution in [0.25, 0.3) is 0 Å².